The number of imidazole rings is 1. The summed E-state index contributed by atoms with van der Waals surface area (Å²) in [7, 11) is 2.94. The number of fused-ring (bicyclic) bond motifs is 1. The standard InChI is InChI=1S/C18H22N6O6/c1-21-16-14(17(27)22(2)18(21)28)23(10-20-16)8-7-19-13(9-25)15(26)11-3-5-12(6-4-11)24(29)30/h3-6,10,13,15,19,25-26H,7-9H2,1-2H3/p+1/t13-,15+/m0/s1. The molecule has 30 heavy (non-hydrogen) atoms. The number of benzene rings is 1. The number of nitro benzene ring substituents is 1. The number of aliphatic hydroxyl groups is 2. The molecular formula is C18H23N6O6+. The van der Waals surface area contributed by atoms with Crippen molar-refractivity contribution in [2.24, 2.45) is 14.1 Å². The van der Waals surface area contributed by atoms with E-state index in [1.54, 1.807) is 9.88 Å². The Morgan fingerprint density at radius 1 is 1.20 bits per heavy atom. The lowest BCUT2D eigenvalue weighted by atomic mass is 10.0. The van der Waals surface area contributed by atoms with Crippen molar-refractivity contribution in [1.29, 1.82) is 0 Å². The Morgan fingerprint density at radius 3 is 2.47 bits per heavy atom. The molecular weight excluding hydrogens is 396 g/mol. The van der Waals surface area contributed by atoms with Crippen LogP contribution in [0.15, 0.2) is 40.2 Å². The molecule has 3 rings (SSSR count). The van der Waals surface area contributed by atoms with Crippen molar-refractivity contribution in [3.8, 4) is 0 Å². The highest BCUT2D eigenvalue weighted by Crippen LogP contribution is 2.19. The van der Waals surface area contributed by atoms with Crippen molar-refractivity contribution in [3.63, 3.8) is 0 Å². The molecule has 0 aliphatic heterocycles. The summed E-state index contributed by atoms with van der Waals surface area (Å²) >= 11 is 0. The zero-order valence-corrected chi connectivity index (χ0v) is 16.5. The van der Waals surface area contributed by atoms with Crippen LogP contribution >= 0.6 is 0 Å². The Labute approximate surface area is 169 Å². The lowest BCUT2D eigenvalue weighted by Gasteiger charge is -2.19. The molecule has 0 radical (unpaired) electrons. The summed E-state index contributed by atoms with van der Waals surface area (Å²) in [5.41, 5.74) is 0.0367. The first-order valence-electron chi connectivity index (χ1n) is 9.23. The van der Waals surface area contributed by atoms with Gasteiger partial charge in [-0.15, -0.1) is 0 Å². The maximum atomic E-state index is 12.5. The first-order chi connectivity index (χ1) is 14.3. The molecule has 0 fully saturated rings. The van der Waals surface area contributed by atoms with Gasteiger partial charge in [0, 0.05) is 26.2 Å². The van der Waals surface area contributed by atoms with Gasteiger partial charge in [0.1, 0.15) is 12.1 Å². The number of hydrogen-bond acceptors (Lipinski definition) is 7. The van der Waals surface area contributed by atoms with Gasteiger partial charge in [-0.2, -0.15) is 0 Å². The molecule has 2 heterocycles. The largest absolute Gasteiger partial charge is 0.390 e. The minimum Gasteiger partial charge on any atom is -0.390 e. The summed E-state index contributed by atoms with van der Waals surface area (Å²) in [6.45, 7) is 0.444. The zero-order valence-electron chi connectivity index (χ0n) is 16.5. The van der Waals surface area contributed by atoms with Crippen LogP contribution in [0, 0.1) is 10.1 Å². The van der Waals surface area contributed by atoms with Crippen LogP contribution in [0.2, 0.25) is 0 Å². The lowest BCUT2D eigenvalue weighted by Crippen LogP contribution is -2.92. The van der Waals surface area contributed by atoms with Gasteiger partial charge >= 0.3 is 5.69 Å². The number of nitrogens with two attached hydrogens (primary N) is 1. The molecule has 2 atom stereocenters. The fourth-order valence-electron chi connectivity index (χ4n) is 3.34. The van der Waals surface area contributed by atoms with Crippen LogP contribution < -0.4 is 16.6 Å². The summed E-state index contributed by atoms with van der Waals surface area (Å²) in [6, 6.07) is 4.89. The smallest absolute Gasteiger partial charge is 0.332 e. The SMILES string of the molecule is Cn1c(=O)c2c(ncn2CC[NH2+][C@@H](CO)[C@H](O)c2ccc([N+](=O)[O-])cc2)n(C)c1=O. The summed E-state index contributed by atoms with van der Waals surface area (Å²) in [5.74, 6) is 0. The average molecular weight is 419 g/mol. The summed E-state index contributed by atoms with van der Waals surface area (Å²) < 4.78 is 3.94. The second-order valence-electron chi connectivity index (χ2n) is 6.98. The summed E-state index contributed by atoms with van der Waals surface area (Å²) in [5, 5.41) is 32.7. The Morgan fingerprint density at radius 2 is 1.87 bits per heavy atom. The second kappa shape index (κ2) is 8.57. The first kappa shape index (κ1) is 21.4. The van der Waals surface area contributed by atoms with Gasteiger partial charge in [0.2, 0.25) is 0 Å². The number of hydrogen-bond donors (Lipinski definition) is 3. The maximum absolute atomic E-state index is 12.5. The van der Waals surface area contributed by atoms with E-state index in [0.717, 1.165) is 4.57 Å². The third kappa shape index (κ3) is 3.87. The quantitative estimate of drug-likeness (QED) is 0.281. The van der Waals surface area contributed by atoms with Crippen LogP contribution in [0.4, 0.5) is 5.69 Å². The molecule has 0 aliphatic rings. The predicted molar refractivity (Wildman–Crippen MR) is 106 cm³/mol. The Kier molecular flexibility index (Phi) is 6.10. The Hall–Kier alpha value is -3.35. The van der Waals surface area contributed by atoms with E-state index < -0.39 is 28.3 Å². The van der Waals surface area contributed by atoms with E-state index in [9.17, 15) is 29.9 Å². The highest BCUT2D eigenvalue weighted by atomic mass is 16.6. The van der Waals surface area contributed by atoms with Crippen LogP contribution in [0.3, 0.4) is 0 Å². The predicted octanol–water partition coefficient (Wildman–Crippen LogP) is -2.00. The number of nitrogens with zero attached hydrogens (tertiary/aromatic N) is 5. The zero-order chi connectivity index (χ0) is 22.0. The van der Waals surface area contributed by atoms with Crippen molar-refractivity contribution in [2.75, 3.05) is 13.2 Å². The normalized spacial score (nSPS) is 13.5. The van der Waals surface area contributed by atoms with E-state index in [-0.39, 0.29) is 17.9 Å². The van der Waals surface area contributed by atoms with Crippen LogP contribution in [0.25, 0.3) is 11.2 Å². The molecule has 0 bridgehead atoms. The number of rotatable bonds is 8. The average Bonchev–Trinajstić information content (AvgIpc) is 3.17. The number of quaternary nitrogens is 1. The summed E-state index contributed by atoms with van der Waals surface area (Å²) in [4.78, 5) is 38.8. The van der Waals surface area contributed by atoms with E-state index in [0.29, 0.717) is 24.2 Å². The molecule has 2 aromatic heterocycles. The van der Waals surface area contributed by atoms with Gasteiger partial charge in [-0.25, -0.2) is 9.78 Å². The fourth-order valence-corrected chi connectivity index (χ4v) is 3.34. The van der Waals surface area contributed by atoms with Crippen molar-refractivity contribution in [1.82, 2.24) is 18.7 Å². The third-order valence-corrected chi connectivity index (χ3v) is 5.12. The van der Waals surface area contributed by atoms with Crippen LogP contribution in [-0.4, -0.2) is 53.0 Å². The van der Waals surface area contributed by atoms with Gasteiger partial charge in [0.25, 0.3) is 11.2 Å². The molecule has 12 nitrogen and oxygen atoms in total. The molecule has 3 aromatic rings. The van der Waals surface area contributed by atoms with Gasteiger partial charge in [0.05, 0.1) is 30.9 Å². The number of aromatic nitrogens is 4. The number of nitro groups is 1. The number of aliphatic hydroxyl groups excluding tert-OH is 2. The maximum Gasteiger partial charge on any atom is 0.332 e. The van der Waals surface area contributed by atoms with Crippen LogP contribution in [-0.2, 0) is 20.6 Å². The highest BCUT2D eigenvalue weighted by Gasteiger charge is 2.24. The van der Waals surface area contributed by atoms with E-state index in [2.05, 4.69) is 4.98 Å². The van der Waals surface area contributed by atoms with E-state index in [1.807, 2.05) is 0 Å². The lowest BCUT2D eigenvalue weighted by molar-refractivity contribution is -0.700. The Bertz CT molecular complexity index is 1180. The topological polar surface area (TPSA) is 162 Å². The molecule has 0 saturated carbocycles. The highest BCUT2D eigenvalue weighted by molar-refractivity contribution is 5.69. The van der Waals surface area contributed by atoms with E-state index in [4.69, 9.17) is 0 Å². The Balaban J connectivity index is 1.72. The summed E-state index contributed by atoms with van der Waals surface area (Å²) in [6.07, 6.45) is 0.434. The second-order valence-corrected chi connectivity index (χ2v) is 6.98. The van der Waals surface area contributed by atoms with Crippen molar-refractivity contribution < 1.29 is 20.5 Å². The minimum atomic E-state index is -1.04. The van der Waals surface area contributed by atoms with Crippen molar-refractivity contribution >= 4 is 16.9 Å². The van der Waals surface area contributed by atoms with Gasteiger partial charge in [-0.3, -0.25) is 24.0 Å². The van der Waals surface area contributed by atoms with E-state index in [1.165, 1.54) is 49.3 Å². The molecule has 0 aliphatic carbocycles. The molecule has 0 amide bonds. The molecule has 1 aromatic carbocycles. The molecule has 160 valence electrons. The molecule has 0 spiro atoms. The van der Waals surface area contributed by atoms with Gasteiger partial charge in [-0.05, 0) is 17.7 Å². The molecule has 4 N–H and O–H groups in total. The monoisotopic (exact) mass is 419 g/mol. The van der Waals surface area contributed by atoms with E-state index >= 15 is 0 Å². The fraction of sp³-hybridized carbons (Fsp3) is 0.389. The van der Waals surface area contributed by atoms with Gasteiger partial charge in [0.15, 0.2) is 11.2 Å². The van der Waals surface area contributed by atoms with Gasteiger partial charge in [-0.1, -0.05) is 0 Å². The molecule has 12 heteroatoms. The third-order valence-electron chi connectivity index (χ3n) is 5.12. The van der Waals surface area contributed by atoms with Crippen LogP contribution in [0.1, 0.15) is 11.7 Å². The molecule has 0 unspecified atom stereocenters. The number of non-ortho nitro benzene ring substituents is 1. The van der Waals surface area contributed by atoms with Gasteiger partial charge < -0.3 is 20.1 Å². The molecule has 0 saturated heterocycles. The minimum absolute atomic E-state index is 0.0848. The van der Waals surface area contributed by atoms with Crippen molar-refractivity contribution in [3.05, 3.63) is 67.1 Å². The number of aryl methyl sites for hydroxylation is 1. The first-order valence-corrected chi connectivity index (χ1v) is 9.23. The van der Waals surface area contributed by atoms with Crippen LogP contribution in [0.5, 0.6) is 0 Å². The van der Waals surface area contributed by atoms with Crippen molar-refractivity contribution in [2.45, 2.75) is 18.7 Å².